The van der Waals surface area contributed by atoms with E-state index in [4.69, 9.17) is 0 Å². The average molecular weight is 479 g/mol. The fourth-order valence-corrected chi connectivity index (χ4v) is 9.49. The molecule has 0 unspecified atom stereocenters. The van der Waals surface area contributed by atoms with E-state index in [0.717, 1.165) is 11.1 Å². The van der Waals surface area contributed by atoms with Gasteiger partial charge in [-0.15, -0.1) is 0 Å². The zero-order chi connectivity index (χ0) is 13.5. The van der Waals surface area contributed by atoms with Crippen LogP contribution < -0.4 is 0 Å². The Morgan fingerprint density at radius 2 is 1.37 bits per heavy atom. The van der Waals surface area contributed by atoms with E-state index in [1.54, 1.807) is 0 Å². The summed E-state index contributed by atoms with van der Waals surface area (Å²) < 4.78 is 0.512. The van der Waals surface area contributed by atoms with Crippen molar-refractivity contribution in [3.05, 3.63) is 71.8 Å². The minimum atomic E-state index is -0.801. The number of hydrogen-bond donors (Lipinski definition) is 0. The van der Waals surface area contributed by atoms with E-state index >= 15 is 0 Å². The second-order valence-electron chi connectivity index (χ2n) is 3.85. The fourth-order valence-electron chi connectivity index (χ4n) is 1.50. The average Bonchev–Trinajstić information content (AvgIpc) is 2.47. The third-order valence-electron chi connectivity index (χ3n) is 2.41. The van der Waals surface area contributed by atoms with Crippen molar-refractivity contribution in [1.82, 2.24) is 0 Å². The number of hydrogen-bond acceptors (Lipinski definition) is 2. The van der Waals surface area contributed by atoms with Crippen molar-refractivity contribution >= 4 is 41.8 Å². The molecule has 0 amide bonds. The van der Waals surface area contributed by atoms with Crippen molar-refractivity contribution in [3.63, 3.8) is 0 Å². The molecule has 0 heterocycles. The van der Waals surface area contributed by atoms with Gasteiger partial charge < -0.3 is 0 Å². The predicted molar refractivity (Wildman–Crippen MR) is 77.4 cm³/mol. The molecule has 0 aromatic heterocycles. The Labute approximate surface area is 128 Å². The van der Waals surface area contributed by atoms with E-state index in [-0.39, 0.29) is 3.83 Å². The summed E-state index contributed by atoms with van der Waals surface area (Å²) in [5, 5.41) is 0. The van der Waals surface area contributed by atoms with Crippen molar-refractivity contribution in [2.45, 2.75) is 6.42 Å². The first-order valence-corrected chi connectivity index (χ1v) is 15.4. The predicted octanol–water partition coefficient (Wildman–Crippen LogP) is 1.92. The van der Waals surface area contributed by atoms with Gasteiger partial charge in [0.05, 0.1) is 0 Å². The van der Waals surface area contributed by atoms with E-state index in [9.17, 15) is 9.59 Å². The monoisotopic (exact) mass is 484 g/mol. The van der Waals surface area contributed by atoms with Crippen LogP contribution in [0.4, 0.5) is 0 Å². The zero-order valence-corrected chi connectivity index (χ0v) is 14.8. The standard InChI is InChI=1S/C15H12O2Te2/c16-14(11-12-7-3-1-4-8-12)18-19-15(17)13-9-5-2-6-10-13/h1-10H,11H2. The van der Waals surface area contributed by atoms with Crippen LogP contribution in [0.1, 0.15) is 15.9 Å². The second kappa shape index (κ2) is 7.83. The van der Waals surface area contributed by atoms with Gasteiger partial charge in [-0.25, -0.2) is 0 Å². The molecule has 4 heteroatoms. The first-order valence-electron chi connectivity index (χ1n) is 5.76. The molecule has 0 aliphatic carbocycles. The number of rotatable bonds is 6. The molecule has 0 atom stereocenters. The molecular formula is C15H12O2Te2. The molecule has 0 aliphatic rings. The molecule has 0 aliphatic heterocycles. The first-order chi connectivity index (χ1) is 9.25. The third-order valence-corrected chi connectivity index (χ3v) is 12.7. The van der Waals surface area contributed by atoms with Gasteiger partial charge in [-0.05, 0) is 0 Å². The van der Waals surface area contributed by atoms with Gasteiger partial charge in [-0.2, -0.15) is 0 Å². The summed E-state index contributed by atoms with van der Waals surface area (Å²) in [6.07, 6.45) is 0.496. The summed E-state index contributed by atoms with van der Waals surface area (Å²) in [4.78, 5) is 23.8. The first kappa shape index (κ1) is 14.8. The summed E-state index contributed by atoms with van der Waals surface area (Å²) in [5.74, 6) is 0. The fraction of sp³-hybridized carbons (Fsp3) is 0.0667. The Kier molecular flexibility index (Phi) is 6.08. The summed E-state index contributed by atoms with van der Waals surface area (Å²) in [6, 6.07) is 19.0. The van der Waals surface area contributed by atoms with E-state index in [1.807, 2.05) is 60.7 Å². The number of carbonyl (C=O) groups is 2. The Hall–Kier alpha value is -0.641. The summed E-state index contributed by atoms with van der Waals surface area (Å²) >= 11 is -1.58. The third kappa shape index (κ3) is 5.09. The zero-order valence-electron chi connectivity index (χ0n) is 10.1. The van der Waals surface area contributed by atoms with Crippen LogP contribution in [-0.4, -0.2) is 41.8 Å². The maximum absolute atomic E-state index is 11.9. The summed E-state index contributed by atoms with van der Waals surface area (Å²) in [6.45, 7) is 0. The van der Waals surface area contributed by atoms with Gasteiger partial charge in [0, 0.05) is 0 Å². The molecule has 2 aromatic carbocycles. The summed E-state index contributed by atoms with van der Waals surface area (Å²) in [7, 11) is 0. The van der Waals surface area contributed by atoms with Crippen LogP contribution in [-0.2, 0) is 11.2 Å². The molecule has 2 nitrogen and oxygen atoms in total. The molecule has 2 rings (SSSR count). The van der Waals surface area contributed by atoms with Crippen molar-refractivity contribution in [3.8, 4) is 0 Å². The van der Waals surface area contributed by atoms with Crippen LogP contribution in [0.2, 0.25) is 0 Å². The van der Waals surface area contributed by atoms with Gasteiger partial charge in [0.1, 0.15) is 0 Å². The maximum atomic E-state index is 11.9. The van der Waals surface area contributed by atoms with Gasteiger partial charge in [-0.3, -0.25) is 0 Å². The second-order valence-corrected chi connectivity index (χ2v) is 13.5. The van der Waals surface area contributed by atoms with Crippen LogP contribution in [0.3, 0.4) is 0 Å². The van der Waals surface area contributed by atoms with Crippen LogP contribution in [0.5, 0.6) is 0 Å². The van der Waals surface area contributed by atoms with E-state index in [2.05, 4.69) is 0 Å². The van der Waals surface area contributed by atoms with Crippen molar-refractivity contribution in [2.75, 3.05) is 0 Å². The minimum absolute atomic E-state index is 0.217. The number of benzene rings is 2. The molecular weight excluding hydrogens is 467 g/mol. The van der Waals surface area contributed by atoms with Crippen molar-refractivity contribution < 1.29 is 9.59 Å². The van der Waals surface area contributed by atoms with E-state index in [1.165, 1.54) is 0 Å². The molecule has 0 bridgehead atoms. The van der Waals surface area contributed by atoms with Gasteiger partial charge in [0.25, 0.3) is 0 Å². The van der Waals surface area contributed by atoms with Crippen molar-refractivity contribution in [2.24, 2.45) is 0 Å². The van der Waals surface area contributed by atoms with Gasteiger partial charge in [0.15, 0.2) is 0 Å². The Morgan fingerprint density at radius 1 is 0.789 bits per heavy atom. The molecule has 0 spiro atoms. The Bertz CT molecular complexity index is 553. The van der Waals surface area contributed by atoms with Gasteiger partial charge in [-0.1, -0.05) is 0 Å². The molecule has 0 fully saturated rings. The number of carbonyl (C=O) groups excluding carboxylic acids is 2. The van der Waals surface area contributed by atoms with Crippen LogP contribution in [0.25, 0.3) is 0 Å². The molecule has 2 aromatic rings. The van der Waals surface area contributed by atoms with E-state index in [0.29, 0.717) is 10.3 Å². The molecule has 0 saturated heterocycles. The quantitative estimate of drug-likeness (QED) is 0.594. The molecule has 19 heavy (non-hydrogen) atoms. The Balaban J connectivity index is 1.83. The van der Waals surface area contributed by atoms with Gasteiger partial charge >= 0.3 is 130 Å². The SMILES string of the molecule is O=C(Cc1ccccc1)[Te][Te]C(=O)c1ccccc1. The van der Waals surface area contributed by atoms with Crippen LogP contribution in [0, 0.1) is 0 Å². The van der Waals surface area contributed by atoms with Gasteiger partial charge in [0.2, 0.25) is 0 Å². The van der Waals surface area contributed by atoms with E-state index < -0.39 is 34.1 Å². The molecule has 96 valence electrons. The molecule has 0 N–H and O–H groups in total. The van der Waals surface area contributed by atoms with Crippen LogP contribution in [0.15, 0.2) is 60.7 Å². The summed E-state index contributed by atoms with van der Waals surface area (Å²) in [5.41, 5.74) is 1.82. The Morgan fingerprint density at radius 3 is 2.00 bits per heavy atom. The van der Waals surface area contributed by atoms with Crippen molar-refractivity contribution in [1.29, 1.82) is 0 Å². The topological polar surface area (TPSA) is 34.1 Å². The molecule has 0 saturated carbocycles. The van der Waals surface area contributed by atoms with Crippen LogP contribution >= 0.6 is 0 Å². The molecule has 0 radical (unpaired) electrons. The normalized spacial score (nSPS) is 10.1.